The summed E-state index contributed by atoms with van der Waals surface area (Å²) in [7, 11) is 1.15. The van der Waals surface area contributed by atoms with Gasteiger partial charge in [0.2, 0.25) is 0 Å². The quantitative estimate of drug-likeness (QED) is 0.222. The number of esters is 1. The van der Waals surface area contributed by atoms with Gasteiger partial charge in [0.25, 0.3) is 0 Å². The Balaban J connectivity index is 0. The van der Waals surface area contributed by atoms with Crippen LogP contribution in [0.4, 0.5) is 0 Å². The minimum absolute atomic E-state index is 0.0289. The fourth-order valence-electron chi connectivity index (χ4n) is 0.693. The third-order valence-corrected chi connectivity index (χ3v) is 1.41. The number of aliphatic hydroxyl groups is 2. The van der Waals surface area contributed by atoms with Gasteiger partial charge in [0, 0.05) is 12.7 Å². The van der Waals surface area contributed by atoms with Crippen LogP contribution in [0.15, 0.2) is 12.2 Å². The summed E-state index contributed by atoms with van der Waals surface area (Å²) in [5, 5.41) is 26.7. The third-order valence-electron chi connectivity index (χ3n) is 1.41. The Morgan fingerprint density at radius 1 is 1.37 bits per heavy atom. The zero-order chi connectivity index (χ0) is 15.1. The Labute approximate surface area is 111 Å². The van der Waals surface area contributed by atoms with Crippen molar-refractivity contribution < 1.29 is 39.1 Å². The highest BCUT2D eigenvalue weighted by Crippen LogP contribution is 1.86. The maximum absolute atomic E-state index is 10.1. The number of methoxy groups -OCH3 is 1. The van der Waals surface area contributed by atoms with E-state index < -0.39 is 18.2 Å². The van der Waals surface area contributed by atoms with E-state index in [2.05, 4.69) is 4.74 Å². The van der Waals surface area contributed by atoms with E-state index in [1.165, 1.54) is 0 Å². The van der Waals surface area contributed by atoms with E-state index in [4.69, 9.17) is 19.7 Å². The number of hydrogen-bond donors (Lipinski definition) is 2. The second kappa shape index (κ2) is 14.6. The largest absolute Gasteiger partial charge is 0.545 e. The van der Waals surface area contributed by atoms with Crippen molar-refractivity contribution in [3.63, 3.8) is 0 Å². The molecule has 8 nitrogen and oxygen atoms in total. The van der Waals surface area contributed by atoms with Crippen molar-refractivity contribution >= 4 is 11.9 Å². The molecule has 1 atom stereocenters. The summed E-state index contributed by atoms with van der Waals surface area (Å²) in [5.74, 6) is -2.13. The number of carboxylic acids is 1. The lowest BCUT2D eigenvalue weighted by atomic mass is 10.5. The molecule has 0 rings (SSSR count). The molecule has 0 spiro atoms. The van der Waals surface area contributed by atoms with Crippen molar-refractivity contribution in [2.45, 2.75) is 13.2 Å². The average molecular weight is 279 g/mol. The molecule has 0 bridgehead atoms. The van der Waals surface area contributed by atoms with Gasteiger partial charge >= 0.3 is 5.97 Å². The Morgan fingerprint density at radius 2 is 2.00 bits per heavy atom. The van der Waals surface area contributed by atoms with Crippen molar-refractivity contribution in [3.05, 3.63) is 12.2 Å². The summed E-state index contributed by atoms with van der Waals surface area (Å²) in [5.41, 5.74) is 0. The minimum Gasteiger partial charge on any atom is -0.545 e. The first-order valence-electron chi connectivity index (χ1n) is 5.43. The Kier molecular flexibility index (Phi) is 15.2. The first-order chi connectivity index (χ1) is 8.97. The summed E-state index contributed by atoms with van der Waals surface area (Å²) in [6.07, 6.45) is 0.512. The van der Waals surface area contributed by atoms with Gasteiger partial charge in [-0.25, -0.2) is 4.79 Å². The van der Waals surface area contributed by atoms with Gasteiger partial charge in [-0.05, 0) is 13.0 Å². The molecular formula is C11H19O8-. The molecule has 0 aliphatic carbocycles. The Morgan fingerprint density at radius 3 is 2.42 bits per heavy atom. The number of aliphatic hydroxyl groups excluding tert-OH is 2. The number of aliphatic carboxylic acids is 1. The monoisotopic (exact) mass is 279 g/mol. The highest BCUT2D eigenvalue weighted by molar-refractivity contribution is 5.89. The van der Waals surface area contributed by atoms with E-state index in [0.29, 0.717) is 12.7 Å². The number of rotatable bonds is 8. The highest BCUT2D eigenvalue weighted by Gasteiger charge is 2.00. The molecule has 0 radical (unpaired) electrons. The van der Waals surface area contributed by atoms with Gasteiger partial charge in [-0.3, -0.25) is 0 Å². The van der Waals surface area contributed by atoms with Crippen molar-refractivity contribution in [2.75, 3.05) is 33.5 Å². The van der Waals surface area contributed by atoms with Crippen LogP contribution >= 0.6 is 0 Å². The molecule has 0 aliphatic heterocycles. The van der Waals surface area contributed by atoms with Gasteiger partial charge in [-0.2, -0.15) is 0 Å². The predicted molar refractivity (Wildman–Crippen MR) is 61.7 cm³/mol. The average Bonchev–Trinajstić information content (AvgIpc) is 2.37. The fourth-order valence-corrected chi connectivity index (χ4v) is 0.693. The molecule has 0 aromatic rings. The highest BCUT2D eigenvalue weighted by atomic mass is 16.6. The Bertz CT molecular complexity index is 263. The van der Waals surface area contributed by atoms with Crippen LogP contribution in [0.25, 0.3) is 0 Å². The molecule has 8 heteroatoms. The van der Waals surface area contributed by atoms with Gasteiger partial charge in [0.1, 0.15) is 0 Å². The fraction of sp³-hybridized carbons (Fsp3) is 0.636. The van der Waals surface area contributed by atoms with Gasteiger partial charge in [0.15, 0.2) is 6.29 Å². The van der Waals surface area contributed by atoms with Crippen LogP contribution < -0.4 is 5.11 Å². The van der Waals surface area contributed by atoms with Gasteiger partial charge in [0.05, 0.1) is 32.9 Å². The van der Waals surface area contributed by atoms with Crippen LogP contribution in [0, 0.1) is 0 Å². The molecule has 2 N–H and O–H groups in total. The van der Waals surface area contributed by atoms with Gasteiger partial charge in [-0.1, -0.05) is 0 Å². The summed E-state index contributed by atoms with van der Waals surface area (Å²) in [6, 6.07) is 0. The topological polar surface area (TPSA) is 125 Å². The van der Waals surface area contributed by atoms with Crippen LogP contribution in [0.5, 0.6) is 0 Å². The molecule has 0 fully saturated rings. The van der Waals surface area contributed by atoms with Crippen molar-refractivity contribution in [1.29, 1.82) is 0 Å². The lowest BCUT2D eigenvalue weighted by molar-refractivity contribution is -0.297. The van der Waals surface area contributed by atoms with Crippen molar-refractivity contribution in [1.82, 2.24) is 0 Å². The standard InChI is InChI=1S/C6H14O4.C5H6O4/c1-2-10-6(8)5-9-4-3-7;1-9-5(8)3-2-4(6)7/h6-8H,2-5H2,1H3;2-3H,1H3,(H,6,7)/p-1/b;3-2+. The lowest BCUT2D eigenvalue weighted by Crippen LogP contribution is -2.19. The zero-order valence-corrected chi connectivity index (χ0v) is 10.9. The minimum atomic E-state index is -1.42. The molecule has 0 heterocycles. The second-order valence-corrected chi connectivity index (χ2v) is 2.88. The molecule has 0 saturated heterocycles. The molecule has 0 saturated carbocycles. The van der Waals surface area contributed by atoms with Gasteiger partial charge in [-0.15, -0.1) is 0 Å². The zero-order valence-electron chi connectivity index (χ0n) is 10.9. The molecule has 0 aliphatic rings. The van der Waals surface area contributed by atoms with E-state index in [9.17, 15) is 14.7 Å². The van der Waals surface area contributed by atoms with Gasteiger partial charge < -0.3 is 34.3 Å². The maximum Gasteiger partial charge on any atom is 0.330 e. The summed E-state index contributed by atoms with van der Waals surface area (Å²) in [4.78, 5) is 19.7. The molecule has 1 unspecified atom stereocenters. The molecule has 0 amide bonds. The third kappa shape index (κ3) is 19.1. The Hall–Kier alpha value is -1.48. The SMILES string of the molecule is CCOC(O)COCCO.COC(=O)/C=C/C(=O)[O-]. The smallest absolute Gasteiger partial charge is 0.330 e. The maximum atomic E-state index is 10.1. The van der Waals surface area contributed by atoms with Crippen LogP contribution in [0.3, 0.4) is 0 Å². The number of carbonyl (C=O) groups is 2. The van der Waals surface area contributed by atoms with Crippen LogP contribution in [-0.4, -0.2) is 62.0 Å². The first-order valence-corrected chi connectivity index (χ1v) is 5.43. The van der Waals surface area contributed by atoms with Crippen LogP contribution in [-0.2, 0) is 23.8 Å². The number of carbonyl (C=O) groups excluding carboxylic acids is 2. The van der Waals surface area contributed by atoms with Crippen LogP contribution in [0.2, 0.25) is 0 Å². The molecular weight excluding hydrogens is 260 g/mol. The van der Waals surface area contributed by atoms with Crippen molar-refractivity contribution in [2.24, 2.45) is 0 Å². The predicted octanol–water partition coefficient (Wildman–Crippen LogP) is -2.18. The number of ether oxygens (including phenoxy) is 3. The first kappa shape index (κ1) is 19.9. The summed E-state index contributed by atoms with van der Waals surface area (Å²) < 4.78 is 13.6. The molecule has 0 aromatic heterocycles. The second-order valence-electron chi connectivity index (χ2n) is 2.88. The number of carboxylic acid groups (broad SMARTS) is 1. The van der Waals surface area contributed by atoms with E-state index in [-0.39, 0.29) is 19.8 Å². The lowest BCUT2D eigenvalue weighted by Gasteiger charge is -2.09. The van der Waals surface area contributed by atoms with Crippen LogP contribution in [0.1, 0.15) is 6.92 Å². The van der Waals surface area contributed by atoms with E-state index in [1.54, 1.807) is 6.92 Å². The summed E-state index contributed by atoms with van der Waals surface area (Å²) >= 11 is 0. The summed E-state index contributed by atoms with van der Waals surface area (Å²) in [6.45, 7) is 2.58. The van der Waals surface area contributed by atoms with E-state index >= 15 is 0 Å². The normalized spacial score (nSPS) is 11.6. The number of hydrogen-bond acceptors (Lipinski definition) is 8. The molecule has 19 heavy (non-hydrogen) atoms. The van der Waals surface area contributed by atoms with E-state index in [1.807, 2.05) is 0 Å². The molecule has 0 aromatic carbocycles. The molecule has 112 valence electrons. The van der Waals surface area contributed by atoms with E-state index in [0.717, 1.165) is 13.2 Å². The van der Waals surface area contributed by atoms with Crippen molar-refractivity contribution in [3.8, 4) is 0 Å².